The lowest BCUT2D eigenvalue weighted by Crippen LogP contribution is -2.39. The molecule has 0 radical (unpaired) electrons. The van der Waals surface area contributed by atoms with E-state index in [1.165, 1.54) is 0 Å². The van der Waals surface area contributed by atoms with Crippen LogP contribution in [0.3, 0.4) is 0 Å². The summed E-state index contributed by atoms with van der Waals surface area (Å²) < 4.78 is 3.66. The van der Waals surface area contributed by atoms with Crippen molar-refractivity contribution >= 4 is 23.2 Å². The number of fused-ring (bicyclic) bond motifs is 2. The van der Waals surface area contributed by atoms with E-state index in [1.54, 1.807) is 35.6 Å². The first-order valence-corrected chi connectivity index (χ1v) is 12.1. The quantitative estimate of drug-likeness (QED) is 0.369. The van der Waals surface area contributed by atoms with Gasteiger partial charge in [0.05, 0.1) is 6.54 Å². The summed E-state index contributed by atoms with van der Waals surface area (Å²) in [6.07, 6.45) is 7.69. The zero-order valence-electron chi connectivity index (χ0n) is 19.3. The van der Waals surface area contributed by atoms with Gasteiger partial charge in [-0.25, -0.2) is 4.98 Å². The number of amides is 1. The summed E-state index contributed by atoms with van der Waals surface area (Å²) in [7, 11) is 0. The van der Waals surface area contributed by atoms with Crippen LogP contribution in [0.1, 0.15) is 27.3 Å². The van der Waals surface area contributed by atoms with Crippen LogP contribution in [0, 0.1) is 0 Å². The normalized spacial score (nSPS) is 13.1. The number of imidazole rings is 1. The molecule has 0 unspecified atom stereocenters. The summed E-state index contributed by atoms with van der Waals surface area (Å²) in [6.45, 7) is 1.30. The fourth-order valence-corrected chi connectivity index (χ4v) is 4.99. The highest BCUT2D eigenvalue weighted by molar-refractivity contribution is 6.30. The molecule has 0 saturated heterocycles. The number of aromatic nitrogens is 4. The lowest BCUT2D eigenvalue weighted by atomic mass is 9.98. The second kappa shape index (κ2) is 9.09. The Balaban J connectivity index is 1.41. The fourth-order valence-electron chi connectivity index (χ4n) is 4.80. The summed E-state index contributed by atoms with van der Waals surface area (Å²) in [4.78, 5) is 37.6. The first kappa shape index (κ1) is 22.2. The van der Waals surface area contributed by atoms with Crippen molar-refractivity contribution in [1.82, 2.24) is 23.8 Å². The van der Waals surface area contributed by atoms with E-state index in [0.29, 0.717) is 42.3 Å². The number of halogens is 1. The Morgan fingerprint density at radius 2 is 1.97 bits per heavy atom. The lowest BCUT2D eigenvalue weighted by molar-refractivity contribution is 0.0727. The first-order valence-electron chi connectivity index (χ1n) is 11.7. The predicted molar refractivity (Wildman–Crippen MR) is 138 cm³/mol. The summed E-state index contributed by atoms with van der Waals surface area (Å²) in [5.41, 5.74) is 5.18. The molecule has 178 valence electrons. The third-order valence-electron chi connectivity index (χ3n) is 6.54. The van der Waals surface area contributed by atoms with E-state index in [2.05, 4.69) is 9.97 Å². The van der Waals surface area contributed by atoms with E-state index in [9.17, 15) is 9.59 Å². The number of carbonyl (C=O) groups is 1. The second-order valence-corrected chi connectivity index (χ2v) is 9.30. The van der Waals surface area contributed by atoms with Crippen LogP contribution in [0.2, 0.25) is 5.02 Å². The van der Waals surface area contributed by atoms with Gasteiger partial charge in [-0.1, -0.05) is 35.9 Å². The number of carbonyl (C=O) groups excluding carboxylic acids is 1. The Morgan fingerprint density at radius 3 is 2.78 bits per heavy atom. The minimum absolute atomic E-state index is 0.0833. The van der Waals surface area contributed by atoms with Crippen molar-refractivity contribution in [3.63, 3.8) is 0 Å². The maximum atomic E-state index is 13.7. The van der Waals surface area contributed by atoms with Crippen LogP contribution in [-0.4, -0.2) is 36.3 Å². The maximum absolute atomic E-state index is 13.7. The van der Waals surface area contributed by atoms with Gasteiger partial charge in [0.2, 0.25) is 0 Å². The minimum atomic E-state index is -0.126. The number of pyridine rings is 3. The monoisotopic (exact) mass is 495 g/mol. The summed E-state index contributed by atoms with van der Waals surface area (Å²) >= 11 is 6.25. The van der Waals surface area contributed by atoms with Gasteiger partial charge in [0.1, 0.15) is 11.3 Å². The van der Waals surface area contributed by atoms with E-state index in [0.717, 1.165) is 28.0 Å². The Kier molecular flexibility index (Phi) is 5.62. The Labute approximate surface area is 212 Å². The van der Waals surface area contributed by atoms with E-state index < -0.39 is 0 Å². The highest BCUT2D eigenvalue weighted by Gasteiger charge is 2.27. The van der Waals surface area contributed by atoms with Crippen LogP contribution in [0.25, 0.3) is 16.8 Å². The van der Waals surface area contributed by atoms with Crippen molar-refractivity contribution in [1.29, 1.82) is 0 Å². The molecule has 0 atom stereocenters. The fraction of sp³-hybridized carbons (Fsp3) is 0.143. The molecule has 5 aromatic rings. The number of hydrogen-bond acceptors (Lipinski definition) is 4. The summed E-state index contributed by atoms with van der Waals surface area (Å²) in [5.74, 6) is -0.126. The van der Waals surface area contributed by atoms with Crippen LogP contribution in [0.5, 0.6) is 0 Å². The highest BCUT2D eigenvalue weighted by Crippen LogP contribution is 2.26. The van der Waals surface area contributed by atoms with Gasteiger partial charge >= 0.3 is 0 Å². The van der Waals surface area contributed by atoms with Gasteiger partial charge in [-0.15, -0.1) is 0 Å². The van der Waals surface area contributed by atoms with Crippen molar-refractivity contribution in [3.05, 3.63) is 123 Å². The van der Waals surface area contributed by atoms with Crippen molar-refractivity contribution < 1.29 is 4.79 Å². The topological polar surface area (TPSA) is 72.5 Å². The third kappa shape index (κ3) is 4.07. The maximum Gasteiger partial charge on any atom is 0.274 e. The van der Waals surface area contributed by atoms with Gasteiger partial charge in [0.15, 0.2) is 0 Å². The highest BCUT2D eigenvalue weighted by atomic mass is 35.5. The molecule has 36 heavy (non-hydrogen) atoms. The van der Waals surface area contributed by atoms with E-state index in [-0.39, 0.29) is 11.5 Å². The molecule has 5 heterocycles. The van der Waals surface area contributed by atoms with Gasteiger partial charge < -0.3 is 13.9 Å². The molecule has 6 rings (SSSR count). The molecule has 0 fully saturated rings. The molecular weight excluding hydrogens is 474 g/mol. The number of hydrogen-bond donors (Lipinski definition) is 0. The molecule has 0 spiro atoms. The first-order chi connectivity index (χ1) is 17.6. The summed E-state index contributed by atoms with van der Waals surface area (Å²) in [6, 6.07) is 18.7. The molecule has 0 aliphatic carbocycles. The number of nitrogens with zero attached hydrogens (tertiary/aromatic N) is 5. The zero-order chi connectivity index (χ0) is 24.6. The largest absolute Gasteiger partial charge is 0.332 e. The van der Waals surface area contributed by atoms with Crippen LogP contribution < -0.4 is 5.56 Å². The van der Waals surface area contributed by atoms with Crippen molar-refractivity contribution in [3.8, 4) is 11.1 Å². The van der Waals surface area contributed by atoms with E-state index in [1.807, 2.05) is 63.7 Å². The standard InChI is InChI=1S/C28H22ClN5O2/c29-22-7-3-6-20(13-22)23-14-21-17-33(28(36)24-18-32-11-2-1-8-26(32)31-24)12-9-25(21)34(27(23)35)16-19-5-4-10-30-15-19/h1-8,10-11,13-15,18H,9,12,16-17H2. The minimum Gasteiger partial charge on any atom is -0.332 e. The van der Waals surface area contributed by atoms with Gasteiger partial charge in [0.25, 0.3) is 11.5 Å². The molecular formula is C28H22ClN5O2. The lowest BCUT2D eigenvalue weighted by Gasteiger charge is -2.31. The van der Waals surface area contributed by atoms with Crippen LogP contribution in [0.4, 0.5) is 0 Å². The summed E-state index contributed by atoms with van der Waals surface area (Å²) in [5, 5.41) is 0.562. The molecule has 4 aromatic heterocycles. The molecule has 1 aromatic carbocycles. The zero-order valence-corrected chi connectivity index (χ0v) is 20.1. The second-order valence-electron chi connectivity index (χ2n) is 8.86. The molecule has 0 saturated carbocycles. The average Bonchev–Trinajstić information content (AvgIpc) is 3.34. The predicted octanol–water partition coefficient (Wildman–Crippen LogP) is 4.46. The molecule has 1 amide bonds. The van der Waals surface area contributed by atoms with Gasteiger partial charge in [-0.3, -0.25) is 14.6 Å². The van der Waals surface area contributed by atoms with Gasteiger partial charge in [0, 0.05) is 60.6 Å². The Hall–Kier alpha value is -4.23. The smallest absolute Gasteiger partial charge is 0.274 e. The van der Waals surface area contributed by atoms with Gasteiger partial charge in [-0.2, -0.15) is 0 Å². The Morgan fingerprint density at radius 1 is 1.06 bits per heavy atom. The van der Waals surface area contributed by atoms with Crippen LogP contribution in [0.15, 0.2) is 90.2 Å². The number of benzene rings is 1. The van der Waals surface area contributed by atoms with Crippen LogP contribution in [-0.2, 0) is 19.5 Å². The molecule has 0 bridgehead atoms. The third-order valence-corrected chi connectivity index (χ3v) is 6.77. The van der Waals surface area contributed by atoms with E-state index in [4.69, 9.17) is 11.6 Å². The van der Waals surface area contributed by atoms with Crippen molar-refractivity contribution in [2.45, 2.75) is 19.5 Å². The SMILES string of the molecule is O=C(c1cn2ccccc2n1)N1CCc2c(cc(-c3cccc(Cl)c3)c(=O)n2Cc2cccnc2)C1. The molecule has 1 aliphatic heterocycles. The average molecular weight is 496 g/mol. The molecule has 8 heteroatoms. The molecule has 1 aliphatic rings. The Bertz CT molecular complexity index is 1630. The van der Waals surface area contributed by atoms with Crippen LogP contribution >= 0.6 is 11.6 Å². The van der Waals surface area contributed by atoms with Gasteiger partial charge in [-0.05, 0) is 53.1 Å². The van der Waals surface area contributed by atoms with E-state index >= 15 is 0 Å². The molecule has 0 N–H and O–H groups in total. The van der Waals surface area contributed by atoms with Crippen molar-refractivity contribution in [2.24, 2.45) is 0 Å². The van der Waals surface area contributed by atoms with Crippen molar-refractivity contribution in [2.75, 3.05) is 6.54 Å². The molecule has 7 nitrogen and oxygen atoms in total. The number of rotatable bonds is 4.